The number of aromatic nitrogens is 6. The smallest absolute Gasteiger partial charge is 0.246 e. The van der Waals surface area contributed by atoms with Crippen LogP contribution in [-0.2, 0) is 4.79 Å². The SMILES string of the molecule is Cc1cc(Nc2ncnc3cc4c(nc23)N2CCN(C(=O)/C=C/[C@@H]3CCCN3C)[C@H](CO4)C2)ccc1Oc1ccn2ncnc2c1. The highest BCUT2D eigenvalue weighted by molar-refractivity contribution is 5.91. The Kier molecular flexibility index (Phi) is 7.09. The molecule has 2 bridgehead atoms. The summed E-state index contributed by atoms with van der Waals surface area (Å²) in [7, 11) is 2.11. The van der Waals surface area contributed by atoms with E-state index in [-0.39, 0.29) is 11.9 Å². The van der Waals surface area contributed by atoms with Crippen LogP contribution in [0.1, 0.15) is 18.4 Å². The standard InChI is InChI=1S/C33H34N10O3/c1-21-14-22(5-7-27(21)46-25-9-11-43-29(15-25)35-20-37-43)38-32-31-26(34-19-36-32)16-28-33(39-31)41-12-13-42(24(17-41)18-45-28)30(44)8-6-23-4-3-10-40(23)2/h5-9,11,14-16,19-20,23-24H,3-4,10,12-13,17-18H2,1-2H3,(H,34,36,38)/b8-6+/t23-,24-/m0/s1. The third-order valence-electron chi connectivity index (χ3n) is 9.01. The molecule has 0 aliphatic carbocycles. The molecule has 3 aliphatic rings. The van der Waals surface area contributed by atoms with Gasteiger partial charge in [-0.05, 0) is 63.2 Å². The van der Waals surface area contributed by atoms with Crippen molar-refractivity contribution in [3.05, 3.63) is 73.0 Å². The van der Waals surface area contributed by atoms with E-state index in [1.165, 1.54) is 19.1 Å². The Morgan fingerprint density at radius 2 is 2.02 bits per heavy atom. The summed E-state index contributed by atoms with van der Waals surface area (Å²) in [5, 5.41) is 7.55. The van der Waals surface area contributed by atoms with Crippen LogP contribution in [0.15, 0.2) is 67.4 Å². The number of likely N-dealkylation sites (N-methyl/N-ethyl adjacent to an activating group) is 1. The van der Waals surface area contributed by atoms with Crippen LogP contribution in [0, 0.1) is 6.92 Å². The average Bonchev–Trinajstić information content (AvgIpc) is 3.68. The number of carbonyl (C=O) groups excluding carboxylic acids is 1. The molecule has 2 saturated heterocycles. The average molecular weight is 619 g/mol. The maximum Gasteiger partial charge on any atom is 0.246 e. The number of nitrogens with one attached hydrogen (secondary N) is 1. The summed E-state index contributed by atoms with van der Waals surface area (Å²) in [5.74, 6) is 3.45. The molecule has 0 saturated carbocycles. The third-order valence-corrected chi connectivity index (χ3v) is 9.01. The monoisotopic (exact) mass is 618 g/mol. The minimum Gasteiger partial charge on any atom is -0.487 e. The topological polar surface area (TPSA) is 126 Å². The van der Waals surface area contributed by atoms with Crippen LogP contribution in [0.25, 0.3) is 16.7 Å². The molecule has 8 rings (SSSR count). The minimum atomic E-state index is -0.0739. The summed E-state index contributed by atoms with van der Waals surface area (Å²) in [5.41, 5.74) is 3.82. The summed E-state index contributed by atoms with van der Waals surface area (Å²) in [4.78, 5) is 37.9. The first kappa shape index (κ1) is 28.2. The highest BCUT2D eigenvalue weighted by atomic mass is 16.5. The van der Waals surface area contributed by atoms with Gasteiger partial charge in [0.25, 0.3) is 0 Å². The molecule has 7 heterocycles. The molecular weight excluding hydrogens is 584 g/mol. The lowest BCUT2D eigenvalue weighted by atomic mass is 10.1. The van der Waals surface area contributed by atoms with Crippen molar-refractivity contribution in [1.29, 1.82) is 0 Å². The number of carbonyl (C=O) groups is 1. The predicted molar refractivity (Wildman–Crippen MR) is 173 cm³/mol. The van der Waals surface area contributed by atoms with Crippen LogP contribution in [0.3, 0.4) is 0 Å². The second-order valence-electron chi connectivity index (χ2n) is 12.0. The van der Waals surface area contributed by atoms with Crippen molar-refractivity contribution in [1.82, 2.24) is 39.3 Å². The lowest BCUT2D eigenvalue weighted by Crippen LogP contribution is -2.56. The highest BCUT2D eigenvalue weighted by Crippen LogP contribution is 2.36. The van der Waals surface area contributed by atoms with Gasteiger partial charge in [0.2, 0.25) is 5.91 Å². The van der Waals surface area contributed by atoms with Crippen molar-refractivity contribution in [2.45, 2.75) is 31.8 Å². The van der Waals surface area contributed by atoms with E-state index in [4.69, 9.17) is 14.5 Å². The van der Waals surface area contributed by atoms with E-state index < -0.39 is 0 Å². The maximum absolute atomic E-state index is 13.2. The number of amides is 1. The number of likely N-dealkylation sites (tertiary alicyclic amines) is 1. The molecule has 234 valence electrons. The number of nitrogens with zero attached hydrogens (tertiary/aromatic N) is 9. The van der Waals surface area contributed by atoms with Gasteiger partial charge >= 0.3 is 0 Å². The van der Waals surface area contributed by atoms with Gasteiger partial charge in [-0.15, -0.1) is 0 Å². The lowest BCUT2D eigenvalue weighted by Gasteiger charge is -2.39. The van der Waals surface area contributed by atoms with E-state index >= 15 is 0 Å². The quantitative estimate of drug-likeness (QED) is 0.278. The molecule has 0 unspecified atom stereocenters. The van der Waals surface area contributed by atoms with Crippen molar-refractivity contribution in [3.63, 3.8) is 0 Å². The maximum atomic E-state index is 13.2. The van der Waals surface area contributed by atoms with Crippen molar-refractivity contribution in [3.8, 4) is 17.2 Å². The lowest BCUT2D eigenvalue weighted by molar-refractivity contribution is -0.129. The van der Waals surface area contributed by atoms with Gasteiger partial charge in [-0.2, -0.15) is 5.10 Å². The molecule has 5 aromatic rings. The fourth-order valence-electron chi connectivity index (χ4n) is 6.48. The van der Waals surface area contributed by atoms with Crippen molar-refractivity contribution < 1.29 is 14.3 Å². The number of hydrogen-bond donors (Lipinski definition) is 1. The minimum absolute atomic E-state index is 0.0399. The molecule has 1 aromatic carbocycles. The normalized spacial score (nSPS) is 19.8. The number of pyridine rings is 2. The van der Waals surface area contributed by atoms with E-state index in [1.54, 1.807) is 10.6 Å². The van der Waals surface area contributed by atoms with Gasteiger partial charge in [-0.25, -0.2) is 24.5 Å². The molecule has 2 atom stereocenters. The number of hydrogen-bond acceptors (Lipinski definition) is 11. The van der Waals surface area contributed by atoms with Gasteiger partial charge in [0.15, 0.2) is 23.0 Å². The largest absolute Gasteiger partial charge is 0.487 e. The summed E-state index contributed by atoms with van der Waals surface area (Å²) < 4.78 is 14.1. The molecular formula is C33H34N10O3. The number of aryl methyl sites for hydroxylation is 1. The number of fused-ring (bicyclic) bond motifs is 6. The molecule has 0 radical (unpaired) electrons. The Morgan fingerprint density at radius 3 is 2.89 bits per heavy atom. The number of piperazine rings is 1. The number of benzene rings is 1. The fraction of sp³-hybridized carbons (Fsp3) is 0.333. The second-order valence-corrected chi connectivity index (χ2v) is 12.0. The molecule has 46 heavy (non-hydrogen) atoms. The van der Waals surface area contributed by atoms with Crippen molar-refractivity contribution in [2.24, 2.45) is 0 Å². The first-order valence-electron chi connectivity index (χ1n) is 15.6. The molecule has 4 aromatic heterocycles. The Labute approximate surface area is 265 Å². The molecule has 1 amide bonds. The van der Waals surface area contributed by atoms with Gasteiger partial charge in [0.1, 0.15) is 36.3 Å². The summed E-state index contributed by atoms with van der Waals surface area (Å²) >= 11 is 0. The van der Waals surface area contributed by atoms with Gasteiger partial charge < -0.3 is 24.6 Å². The zero-order valence-electron chi connectivity index (χ0n) is 25.7. The second kappa shape index (κ2) is 11.6. The van der Waals surface area contributed by atoms with E-state index in [1.807, 2.05) is 54.4 Å². The predicted octanol–water partition coefficient (Wildman–Crippen LogP) is 3.97. The number of ether oxygens (including phenoxy) is 2. The number of rotatable bonds is 6. The molecule has 2 fully saturated rings. The number of anilines is 3. The summed E-state index contributed by atoms with van der Waals surface area (Å²) in [6, 6.07) is 11.7. The van der Waals surface area contributed by atoms with Crippen molar-refractivity contribution >= 4 is 39.9 Å². The molecule has 13 heteroatoms. The molecule has 1 N–H and O–H groups in total. The van der Waals surface area contributed by atoms with Crippen LogP contribution in [-0.4, -0.2) is 97.2 Å². The zero-order valence-corrected chi connectivity index (χ0v) is 25.7. The van der Waals surface area contributed by atoms with Crippen LogP contribution in [0.4, 0.5) is 17.3 Å². The molecule has 3 aliphatic heterocycles. The molecule has 0 spiro atoms. The van der Waals surface area contributed by atoms with E-state index in [9.17, 15) is 4.79 Å². The van der Waals surface area contributed by atoms with Gasteiger partial charge in [0, 0.05) is 55.8 Å². The molecule has 13 nitrogen and oxygen atoms in total. The zero-order chi connectivity index (χ0) is 31.2. The van der Waals surface area contributed by atoms with Gasteiger partial charge in [-0.3, -0.25) is 9.69 Å². The van der Waals surface area contributed by atoms with Crippen LogP contribution >= 0.6 is 0 Å². The van der Waals surface area contributed by atoms with E-state index in [2.05, 4.69) is 48.3 Å². The Hall–Kier alpha value is -5.30. The van der Waals surface area contributed by atoms with Crippen LogP contribution < -0.4 is 19.7 Å². The Morgan fingerprint density at radius 1 is 1.09 bits per heavy atom. The van der Waals surface area contributed by atoms with Crippen LogP contribution in [0.5, 0.6) is 17.2 Å². The van der Waals surface area contributed by atoms with Gasteiger partial charge in [0.05, 0.1) is 11.6 Å². The van der Waals surface area contributed by atoms with E-state index in [0.29, 0.717) is 66.3 Å². The van der Waals surface area contributed by atoms with Crippen LogP contribution in [0.2, 0.25) is 0 Å². The summed E-state index contributed by atoms with van der Waals surface area (Å²) in [6.45, 7) is 5.38. The van der Waals surface area contributed by atoms with Crippen molar-refractivity contribution in [2.75, 3.05) is 50.1 Å². The Bertz CT molecular complexity index is 1980. The first-order chi connectivity index (χ1) is 22.5. The fourth-order valence-corrected chi connectivity index (χ4v) is 6.48. The Balaban J connectivity index is 1.00. The first-order valence-corrected chi connectivity index (χ1v) is 15.6. The highest BCUT2D eigenvalue weighted by Gasteiger charge is 2.35. The summed E-state index contributed by atoms with van der Waals surface area (Å²) in [6.07, 6.45) is 10.9. The van der Waals surface area contributed by atoms with Gasteiger partial charge in [-0.1, -0.05) is 6.08 Å². The third kappa shape index (κ3) is 5.32. The van der Waals surface area contributed by atoms with E-state index in [0.717, 1.165) is 35.8 Å².